The van der Waals surface area contributed by atoms with Crippen LogP contribution in [0.25, 0.3) is 0 Å². The first-order valence-corrected chi connectivity index (χ1v) is 20.1. The molecule has 4 rings (SSSR count). The van der Waals surface area contributed by atoms with E-state index in [9.17, 15) is 31.7 Å². The van der Waals surface area contributed by atoms with Gasteiger partial charge in [0.15, 0.2) is 9.84 Å². The highest BCUT2D eigenvalue weighted by Crippen LogP contribution is 2.33. The van der Waals surface area contributed by atoms with E-state index >= 15 is 0 Å². The van der Waals surface area contributed by atoms with E-state index in [2.05, 4.69) is 23.6 Å². The third-order valence-electron chi connectivity index (χ3n) is 8.77. The fourth-order valence-corrected chi connectivity index (χ4v) is 7.71. The standard InChI is InChI=1S/C36H45N5O7S2/c1-4-5-6-7-11-24-50(46,47)31-17-14-29(15-18-31)38-34(42)32-25-30(16-19-33(32)40(2)49(3,44)45)41-23-21-36(27-41,20-22-37)39-35(43)48-26-28-12-9-8-10-13-28/h8-10,12-19,25H,4-7,11,20-21,23-24,26-27H2,1-3H3,(H,38,42)(H,39,43). The Balaban J connectivity index is 1.51. The summed E-state index contributed by atoms with van der Waals surface area (Å²) in [6.07, 6.45) is 5.40. The van der Waals surface area contributed by atoms with Crippen LogP contribution in [0.3, 0.4) is 0 Å². The molecule has 1 fully saturated rings. The molecular weight excluding hydrogens is 679 g/mol. The van der Waals surface area contributed by atoms with Gasteiger partial charge >= 0.3 is 6.09 Å². The van der Waals surface area contributed by atoms with Crippen LogP contribution >= 0.6 is 0 Å². The molecule has 3 aromatic carbocycles. The minimum absolute atomic E-state index is 0.0246. The van der Waals surface area contributed by atoms with Gasteiger partial charge in [0.1, 0.15) is 6.61 Å². The summed E-state index contributed by atoms with van der Waals surface area (Å²) in [7, 11) is -5.87. The van der Waals surface area contributed by atoms with Crippen molar-refractivity contribution in [3.63, 3.8) is 0 Å². The van der Waals surface area contributed by atoms with Crippen molar-refractivity contribution >= 4 is 48.9 Å². The van der Waals surface area contributed by atoms with E-state index < -0.39 is 37.4 Å². The average molecular weight is 724 g/mol. The largest absolute Gasteiger partial charge is 0.445 e. The number of unbranched alkanes of at least 4 members (excludes halogenated alkanes) is 4. The van der Waals surface area contributed by atoms with Crippen LogP contribution in [-0.2, 0) is 31.2 Å². The molecule has 3 aromatic rings. The third-order valence-corrected chi connectivity index (χ3v) is 11.8. The van der Waals surface area contributed by atoms with E-state index in [0.29, 0.717) is 30.8 Å². The Bertz CT molecular complexity index is 1900. The Labute approximate surface area is 295 Å². The topological polar surface area (TPSA) is 166 Å². The fourth-order valence-electron chi connectivity index (χ4n) is 5.82. The minimum atomic E-state index is -3.74. The number of nitriles is 1. The van der Waals surface area contributed by atoms with E-state index in [4.69, 9.17) is 4.74 Å². The summed E-state index contributed by atoms with van der Waals surface area (Å²) in [6.45, 7) is 2.86. The smallest absolute Gasteiger partial charge is 0.407 e. The molecule has 0 aliphatic carbocycles. The number of amides is 2. The van der Waals surface area contributed by atoms with Gasteiger partial charge < -0.3 is 20.3 Å². The number of ether oxygens (including phenoxy) is 1. The van der Waals surface area contributed by atoms with Gasteiger partial charge in [0, 0.05) is 31.5 Å². The van der Waals surface area contributed by atoms with E-state index in [-0.39, 0.29) is 41.5 Å². The molecule has 14 heteroatoms. The van der Waals surface area contributed by atoms with Gasteiger partial charge in [-0.15, -0.1) is 0 Å². The number of alkyl carbamates (subject to hydrolysis) is 1. The number of anilines is 3. The van der Waals surface area contributed by atoms with Crippen molar-refractivity contribution in [3.05, 3.63) is 83.9 Å². The van der Waals surface area contributed by atoms with Crippen LogP contribution in [0.15, 0.2) is 77.7 Å². The summed E-state index contributed by atoms with van der Waals surface area (Å²) >= 11 is 0. The van der Waals surface area contributed by atoms with Crippen molar-refractivity contribution in [1.82, 2.24) is 5.32 Å². The molecule has 0 saturated carbocycles. The van der Waals surface area contributed by atoms with Crippen LogP contribution in [0.5, 0.6) is 0 Å². The number of nitrogens with zero attached hydrogens (tertiary/aromatic N) is 3. The lowest BCUT2D eigenvalue weighted by Gasteiger charge is -2.29. The van der Waals surface area contributed by atoms with Crippen molar-refractivity contribution in [2.75, 3.05) is 46.7 Å². The quantitative estimate of drug-likeness (QED) is 0.172. The zero-order chi connectivity index (χ0) is 36.4. The lowest BCUT2D eigenvalue weighted by molar-refractivity contribution is 0.102. The predicted molar refractivity (Wildman–Crippen MR) is 194 cm³/mol. The van der Waals surface area contributed by atoms with Crippen LogP contribution < -0.4 is 19.8 Å². The maximum Gasteiger partial charge on any atom is 0.407 e. The maximum absolute atomic E-state index is 13.7. The van der Waals surface area contributed by atoms with Crippen molar-refractivity contribution < 1.29 is 31.2 Å². The molecule has 2 amide bonds. The number of benzene rings is 3. The molecule has 1 saturated heterocycles. The van der Waals surface area contributed by atoms with Gasteiger partial charge in [-0.25, -0.2) is 21.6 Å². The molecule has 0 spiro atoms. The molecule has 1 heterocycles. The normalized spacial score (nSPS) is 16.0. The summed E-state index contributed by atoms with van der Waals surface area (Å²) in [6, 6.07) is 22.1. The van der Waals surface area contributed by atoms with E-state index in [0.717, 1.165) is 41.8 Å². The minimum Gasteiger partial charge on any atom is -0.445 e. The van der Waals surface area contributed by atoms with Gasteiger partial charge in [-0.1, -0.05) is 62.9 Å². The van der Waals surface area contributed by atoms with Crippen LogP contribution in [0, 0.1) is 11.3 Å². The number of hydrogen-bond donors (Lipinski definition) is 2. The molecule has 0 radical (unpaired) electrons. The second-order valence-corrected chi connectivity index (χ2v) is 16.7. The first kappa shape index (κ1) is 38.2. The third kappa shape index (κ3) is 10.2. The second-order valence-electron chi connectivity index (χ2n) is 12.6. The molecule has 50 heavy (non-hydrogen) atoms. The summed E-state index contributed by atoms with van der Waals surface area (Å²) in [5.41, 5.74) is 1.03. The Morgan fingerprint density at radius 1 is 0.980 bits per heavy atom. The molecule has 268 valence electrons. The van der Waals surface area contributed by atoms with Crippen molar-refractivity contribution in [2.24, 2.45) is 0 Å². The molecule has 1 unspecified atom stereocenters. The van der Waals surface area contributed by atoms with Gasteiger partial charge in [0.2, 0.25) is 10.0 Å². The van der Waals surface area contributed by atoms with Crippen LogP contribution in [0.1, 0.15) is 67.8 Å². The molecule has 0 bridgehead atoms. The Kier molecular flexibility index (Phi) is 12.9. The van der Waals surface area contributed by atoms with E-state index in [1.54, 1.807) is 12.1 Å². The zero-order valence-electron chi connectivity index (χ0n) is 28.7. The average Bonchev–Trinajstić information content (AvgIpc) is 3.50. The number of sulfone groups is 1. The molecule has 1 aliphatic rings. The Morgan fingerprint density at radius 3 is 2.34 bits per heavy atom. The van der Waals surface area contributed by atoms with Crippen LogP contribution in [0.4, 0.5) is 21.9 Å². The highest BCUT2D eigenvalue weighted by molar-refractivity contribution is 7.92. The predicted octanol–water partition coefficient (Wildman–Crippen LogP) is 5.87. The van der Waals surface area contributed by atoms with Crippen LogP contribution in [-0.4, -0.2) is 66.5 Å². The summed E-state index contributed by atoms with van der Waals surface area (Å²) in [5.74, 6) is -0.554. The van der Waals surface area contributed by atoms with Crippen LogP contribution in [0.2, 0.25) is 0 Å². The highest BCUT2D eigenvalue weighted by Gasteiger charge is 2.40. The summed E-state index contributed by atoms with van der Waals surface area (Å²) < 4.78 is 57.1. The molecule has 1 aliphatic heterocycles. The first-order valence-electron chi connectivity index (χ1n) is 16.6. The van der Waals surface area contributed by atoms with Crippen molar-refractivity contribution in [1.29, 1.82) is 5.26 Å². The second kappa shape index (κ2) is 16.9. The lowest BCUT2D eigenvalue weighted by Crippen LogP contribution is -2.50. The Morgan fingerprint density at radius 2 is 1.68 bits per heavy atom. The number of hydrogen-bond acceptors (Lipinski definition) is 9. The Hall–Kier alpha value is -4.61. The van der Waals surface area contributed by atoms with Crippen molar-refractivity contribution in [2.45, 2.75) is 68.9 Å². The van der Waals surface area contributed by atoms with Gasteiger partial charge in [-0.2, -0.15) is 5.26 Å². The molecular formula is C36H45N5O7S2. The summed E-state index contributed by atoms with van der Waals surface area (Å²) in [5, 5.41) is 15.3. The number of nitrogens with one attached hydrogen (secondary N) is 2. The summed E-state index contributed by atoms with van der Waals surface area (Å²) in [4.78, 5) is 28.6. The van der Waals surface area contributed by atoms with Crippen molar-refractivity contribution in [3.8, 4) is 6.07 Å². The number of carbonyl (C=O) groups excluding carboxylic acids is 2. The fraction of sp³-hybridized carbons (Fsp3) is 0.417. The van der Waals surface area contributed by atoms with E-state index in [1.807, 2.05) is 35.2 Å². The van der Waals surface area contributed by atoms with Gasteiger partial charge in [0.25, 0.3) is 5.91 Å². The maximum atomic E-state index is 13.7. The van der Waals surface area contributed by atoms with Gasteiger partial charge in [-0.3, -0.25) is 9.10 Å². The monoisotopic (exact) mass is 723 g/mol. The lowest BCUT2D eigenvalue weighted by atomic mass is 9.95. The molecule has 1 atom stereocenters. The van der Waals surface area contributed by atoms with E-state index in [1.165, 1.54) is 37.4 Å². The molecule has 0 aromatic heterocycles. The van der Waals surface area contributed by atoms with Gasteiger partial charge in [0.05, 0.1) is 46.2 Å². The number of carbonyl (C=O) groups is 2. The number of sulfonamides is 1. The first-order chi connectivity index (χ1) is 23.8. The zero-order valence-corrected chi connectivity index (χ0v) is 30.4. The van der Waals surface area contributed by atoms with Gasteiger partial charge in [-0.05, 0) is 60.9 Å². The molecule has 2 N–H and O–H groups in total. The highest BCUT2D eigenvalue weighted by atomic mass is 32.2. The SMILES string of the molecule is CCCCCCCS(=O)(=O)c1ccc(NC(=O)c2cc(N3CCC(CC#N)(NC(=O)OCc4ccccc4)C3)ccc2N(C)S(C)(=O)=O)cc1. The number of rotatable bonds is 16. The molecule has 12 nitrogen and oxygen atoms in total.